The Labute approximate surface area is 713 Å². The number of hydrogen-bond donors (Lipinski definition) is 4. The summed E-state index contributed by atoms with van der Waals surface area (Å²) < 4.78 is 61.4. The van der Waals surface area contributed by atoms with Gasteiger partial charge in [0.15, 0.2) is 6.10 Å². The molecule has 0 bridgehead atoms. The van der Waals surface area contributed by atoms with E-state index in [9.17, 15) is 43.5 Å². The molecule has 0 aromatic carbocycles. The number of phosphoric ester groups is 2. The van der Waals surface area contributed by atoms with Gasteiger partial charge < -0.3 is 34.2 Å². The quantitative estimate of drug-likeness (QED) is 0.0146. The molecule has 0 saturated heterocycles. The first kappa shape index (κ1) is 112. The van der Waals surface area contributed by atoms with Crippen LogP contribution in [-0.2, 0) is 55.8 Å². The van der Waals surface area contributed by atoms with Crippen molar-refractivity contribution in [1.29, 1.82) is 0 Å². The van der Waals surface area contributed by atoms with Gasteiger partial charge in [-0.2, -0.15) is 0 Å². The highest BCUT2D eigenvalue weighted by Crippen LogP contribution is 2.45. The maximum absolute atomic E-state index is 13.0. The number of ether oxygens (including phenoxy) is 3. The molecule has 5 atom stereocenters. The number of aliphatic hydroxyl groups is 2. The number of carbonyl (C=O) groups excluding carboxylic acids is 3. The standard InChI is InChI=1S/C99H166O16P2/c1-4-7-10-13-16-19-22-25-28-31-34-36-38-40-42-43-44-45-46-47-48-49-51-53-54-56-59-61-64-67-70-73-76-79-82-85-97(102)109-88-94(100)89-111-116(105,106)112-90-95(101)91-113-117(107,108)114-93-96(115-99(104)87-84-81-78-75-72-69-66-63-58-33-30-27-24-21-18-15-12-9-6-3)92-110-98(103)86-83-80-77-74-71-68-65-62-60-57-55-52-50-41-39-37-35-32-29-26-23-20-17-14-11-8-5-2/h8-9,11-12,16-21,25-30,34-37,40-42,50,55,57-58,63,69,72,94-96,100-101H,4-7,10,13-15,22-24,31-33,38-39,43-49,51-54,56,59-62,64-68,70-71,73-93H2,1-3H3,(H,105,106)(H,107,108)/b11-8-,12-9-,19-16-,20-17-,21-18-,28-25-,29-26-,30-27-,36-34-,37-35-,42-40-,50-41-,57-55-,63-58-,72-69-. The Hall–Kier alpha value is -5.35. The maximum Gasteiger partial charge on any atom is 0.472 e. The van der Waals surface area contributed by atoms with Crippen LogP contribution in [0, 0.1) is 0 Å². The molecule has 668 valence electrons. The minimum absolute atomic E-state index is 0.0574. The average Bonchev–Trinajstić information content (AvgIpc) is 1.00. The molecule has 117 heavy (non-hydrogen) atoms. The van der Waals surface area contributed by atoms with Gasteiger partial charge in [-0.3, -0.25) is 32.5 Å². The zero-order valence-electron chi connectivity index (χ0n) is 73.6. The number of allylic oxidation sites excluding steroid dienone is 30. The minimum atomic E-state index is -4.96. The van der Waals surface area contributed by atoms with Crippen LogP contribution in [0.1, 0.15) is 367 Å². The van der Waals surface area contributed by atoms with E-state index in [0.29, 0.717) is 19.3 Å². The highest BCUT2D eigenvalue weighted by atomic mass is 31.2. The second kappa shape index (κ2) is 89.9. The second-order valence-corrected chi connectivity index (χ2v) is 33.2. The van der Waals surface area contributed by atoms with Gasteiger partial charge in [-0.15, -0.1) is 0 Å². The summed E-state index contributed by atoms with van der Waals surface area (Å²) in [6.07, 6.45) is 118. The van der Waals surface area contributed by atoms with Gasteiger partial charge in [-0.1, -0.05) is 370 Å². The number of unbranched alkanes of at least 4 members (excludes halogenated alkanes) is 33. The Morgan fingerprint density at radius 1 is 0.248 bits per heavy atom. The Bertz CT molecular complexity index is 2860. The van der Waals surface area contributed by atoms with E-state index in [4.69, 9.17) is 32.3 Å². The van der Waals surface area contributed by atoms with Crippen LogP contribution in [0.4, 0.5) is 0 Å². The normalized spacial score (nSPS) is 14.6. The van der Waals surface area contributed by atoms with Crippen molar-refractivity contribution in [2.24, 2.45) is 0 Å². The van der Waals surface area contributed by atoms with Gasteiger partial charge in [-0.25, -0.2) is 9.13 Å². The number of phosphoric acid groups is 2. The van der Waals surface area contributed by atoms with Crippen LogP contribution in [-0.4, -0.2) is 95.9 Å². The molecule has 0 aliphatic carbocycles. The first-order chi connectivity index (χ1) is 57.2. The van der Waals surface area contributed by atoms with Gasteiger partial charge in [0.1, 0.15) is 25.4 Å². The van der Waals surface area contributed by atoms with Gasteiger partial charge in [-0.05, 0) is 161 Å². The molecule has 0 radical (unpaired) electrons. The fourth-order valence-electron chi connectivity index (χ4n) is 12.2. The first-order valence-electron chi connectivity index (χ1n) is 46.1. The summed E-state index contributed by atoms with van der Waals surface area (Å²) in [5.41, 5.74) is 0. The first-order valence-corrected chi connectivity index (χ1v) is 49.1. The molecule has 0 rings (SSSR count). The van der Waals surface area contributed by atoms with Crippen LogP contribution in [0.15, 0.2) is 182 Å². The van der Waals surface area contributed by atoms with E-state index >= 15 is 0 Å². The maximum atomic E-state index is 13.0. The lowest BCUT2D eigenvalue weighted by Gasteiger charge is -2.21. The van der Waals surface area contributed by atoms with Crippen molar-refractivity contribution in [3.05, 3.63) is 182 Å². The molecule has 0 aromatic heterocycles. The van der Waals surface area contributed by atoms with Crippen molar-refractivity contribution >= 4 is 33.6 Å². The van der Waals surface area contributed by atoms with Gasteiger partial charge in [0.2, 0.25) is 0 Å². The van der Waals surface area contributed by atoms with Crippen LogP contribution in [0.3, 0.4) is 0 Å². The molecule has 5 unspecified atom stereocenters. The van der Waals surface area contributed by atoms with E-state index < -0.39 is 91.5 Å². The number of esters is 3. The summed E-state index contributed by atoms with van der Waals surface area (Å²) in [6.45, 7) is 2.40. The molecule has 4 N–H and O–H groups in total. The summed E-state index contributed by atoms with van der Waals surface area (Å²) in [6, 6.07) is 0. The third-order valence-corrected chi connectivity index (χ3v) is 21.0. The van der Waals surface area contributed by atoms with Crippen molar-refractivity contribution in [2.45, 2.75) is 386 Å². The zero-order chi connectivity index (χ0) is 85.1. The van der Waals surface area contributed by atoms with Crippen molar-refractivity contribution in [2.75, 3.05) is 39.6 Å². The highest BCUT2D eigenvalue weighted by Gasteiger charge is 2.29. The molecule has 0 fully saturated rings. The number of aliphatic hydroxyl groups excluding tert-OH is 2. The van der Waals surface area contributed by atoms with E-state index in [1.54, 1.807) is 0 Å². The van der Waals surface area contributed by atoms with E-state index in [0.717, 1.165) is 173 Å². The predicted molar refractivity (Wildman–Crippen MR) is 491 cm³/mol. The van der Waals surface area contributed by atoms with E-state index in [1.165, 1.54) is 135 Å². The molecular formula is C99H166O16P2. The van der Waals surface area contributed by atoms with Gasteiger partial charge in [0.05, 0.1) is 26.4 Å². The zero-order valence-corrected chi connectivity index (χ0v) is 75.4. The largest absolute Gasteiger partial charge is 0.472 e. The third-order valence-electron chi connectivity index (χ3n) is 19.1. The van der Waals surface area contributed by atoms with Crippen LogP contribution >= 0.6 is 15.6 Å². The molecule has 0 aliphatic rings. The number of hydrogen-bond acceptors (Lipinski definition) is 14. The van der Waals surface area contributed by atoms with Crippen LogP contribution in [0.2, 0.25) is 0 Å². The van der Waals surface area contributed by atoms with Gasteiger partial charge >= 0.3 is 33.6 Å². The molecule has 0 aromatic rings. The number of carbonyl (C=O) groups is 3. The molecule has 16 nitrogen and oxygen atoms in total. The molecule has 0 spiro atoms. The highest BCUT2D eigenvalue weighted by molar-refractivity contribution is 7.47. The fourth-order valence-corrected chi connectivity index (χ4v) is 13.8. The topological polar surface area (TPSA) is 231 Å². The molecule has 0 amide bonds. The summed E-state index contributed by atoms with van der Waals surface area (Å²) in [5, 5.41) is 20.7. The molecule has 0 heterocycles. The van der Waals surface area contributed by atoms with Crippen molar-refractivity contribution in [3.63, 3.8) is 0 Å². The predicted octanol–water partition coefficient (Wildman–Crippen LogP) is 28.4. The molecular weight excluding hydrogens is 1510 g/mol. The summed E-state index contributed by atoms with van der Waals surface area (Å²) in [4.78, 5) is 58.9. The molecule has 18 heteroatoms. The lowest BCUT2D eigenvalue weighted by molar-refractivity contribution is -0.161. The Morgan fingerprint density at radius 2 is 0.453 bits per heavy atom. The van der Waals surface area contributed by atoms with Crippen LogP contribution in [0.5, 0.6) is 0 Å². The van der Waals surface area contributed by atoms with Crippen LogP contribution in [0.25, 0.3) is 0 Å². The monoisotopic (exact) mass is 1670 g/mol. The molecule has 0 saturated carbocycles. The van der Waals surface area contributed by atoms with Crippen LogP contribution < -0.4 is 0 Å². The average molecular weight is 1670 g/mol. The minimum Gasteiger partial charge on any atom is -0.463 e. The van der Waals surface area contributed by atoms with Gasteiger partial charge in [0, 0.05) is 19.3 Å². The molecule has 0 aliphatic heterocycles. The SMILES string of the molecule is CC/C=C\C/C=C\C/C=C\C/C=C\C/C=C\C/C=C\CCCCCCCCCCC(=O)OCC(COP(=O)(O)OCC(O)COP(=O)(O)OCC(O)COC(=O)CCCCCCCCCCCCCCCCCCCCC/C=C\C/C=C\C/C=C\C/C=C\CCCCC)OC(=O)CCCCC/C=C\C/C=C\C/C=C\C/C=C\C/C=C\CC. The second-order valence-electron chi connectivity index (χ2n) is 30.3. The summed E-state index contributed by atoms with van der Waals surface area (Å²) >= 11 is 0. The third kappa shape index (κ3) is 91.2. The van der Waals surface area contributed by atoms with E-state index in [2.05, 4.69) is 203 Å². The lowest BCUT2D eigenvalue weighted by Crippen LogP contribution is -2.30. The Morgan fingerprint density at radius 3 is 0.726 bits per heavy atom. The Kier molecular flexibility index (Phi) is 85.8. The van der Waals surface area contributed by atoms with E-state index in [-0.39, 0.29) is 19.3 Å². The smallest absolute Gasteiger partial charge is 0.463 e. The Balaban J connectivity index is 4.54. The van der Waals surface area contributed by atoms with Crippen molar-refractivity contribution in [3.8, 4) is 0 Å². The summed E-state index contributed by atoms with van der Waals surface area (Å²) in [7, 11) is -9.83. The van der Waals surface area contributed by atoms with Crippen molar-refractivity contribution in [1.82, 2.24) is 0 Å². The van der Waals surface area contributed by atoms with Crippen molar-refractivity contribution < 1.29 is 75.8 Å². The summed E-state index contributed by atoms with van der Waals surface area (Å²) in [5.74, 6) is -1.62. The fraction of sp³-hybridized carbons (Fsp3) is 0.667. The lowest BCUT2D eigenvalue weighted by atomic mass is 10.0. The van der Waals surface area contributed by atoms with Gasteiger partial charge in [0.25, 0.3) is 0 Å². The van der Waals surface area contributed by atoms with E-state index in [1.807, 2.05) is 0 Å². The number of rotatable bonds is 86.